The summed E-state index contributed by atoms with van der Waals surface area (Å²) < 4.78 is 19.3. The van der Waals surface area contributed by atoms with Crippen molar-refractivity contribution in [3.05, 3.63) is 65.5 Å². The number of hydrogen-bond donors (Lipinski definition) is 0. The van der Waals surface area contributed by atoms with E-state index in [4.69, 9.17) is 4.74 Å². The molecular formula is C28H37FO. The molecule has 4 rings (SSSR count). The van der Waals surface area contributed by atoms with Gasteiger partial charge in [0.1, 0.15) is 18.2 Å². The van der Waals surface area contributed by atoms with Crippen LogP contribution in [0, 0.1) is 23.6 Å². The highest BCUT2D eigenvalue weighted by Crippen LogP contribution is 2.44. The van der Waals surface area contributed by atoms with E-state index in [1.165, 1.54) is 75.8 Å². The van der Waals surface area contributed by atoms with Gasteiger partial charge in [-0.25, -0.2) is 4.39 Å². The smallest absolute Gasteiger partial charge is 0.123 e. The van der Waals surface area contributed by atoms with Gasteiger partial charge in [-0.15, -0.1) is 0 Å². The van der Waals surface area contributed by atoms with Crippen molar-refractivity contribution in [1.82, 2.24) is 0 Å². The first-order valence-corrected chi connectivity index (χ1v) is 12.2. The summed E-state index contributed by atoms with van der Waals surface area (Å²) in [5.74, 6) is 4.30. The molecule has 162 valence electrons. The molecule has 0 atom stereocenters. The molecule has 0 saturated heterocycles. The van der Waals surface area contributed by atoms with Gasteiger partial charge >= 0.3 is 0 Å². The maximum Gasteiger partial charge on any atom is 0.123 e. The Hall–Kier alpha value is -1.83. The van der Waals surface area contributed by atoms with E-state index in [9.17, 15) is 4.39 Å². The average Bonchev–Trinajstić information content (AvgIpc) is 2.79. The lowest BCUT2D eigenvalue weighted by atomic mass is 9.68. The number of benzene rings is 2. The fraction of sp³-hybridized carbons (Fsp3) is 0.571. The summed E-state index contributed by atoms with van der Waals surface area (Å²) in [4.78, 5) is 0. The number of rotatable bonds is 7. The minimum atomic E-state index is -0.208. The van der Waals surface area contributed by atoms with Gasteiger partial charge in [-0.1, -0.05) is 56.9 Å². The van der Waals surface area contributed by atoms with Crippen LogP contribution < -0.4 is 4.74 Å². The van der Waals surface area contributed by atoms with Crippen molar-refractivity contribution in [3.8, 4) is 5.75 Å². The third-order valence-electron chi connectivity index (χ3n) is 7.65. The van der Waals surface area contributed by atoms with Crippen LogP contribution in [0.2, 0.25) is 0 Å². The molecule has 0 heterocycles. The molecule has 0 radical (unpaired) electrons. The third kappa shape index (κ3) is 5.65. The molecule has 2 aliphatic rings. The Labute approximate surface area is 182 Å². The van der Waals surface area contributed by atoms with Crippen molar-refractivity contribution in [3.63, 3.8) is 0 Å². The topological polar surface area (TPSA) is 9.23 Å². The number of hydrogen-bond acceptors (Lipinski definition) is 1. The van der Waals surface area contributed by atoms with Crippen LogP contribution >= 0.6 is 0 Å². The molecule has 1 nitrogen and oxygen atoms in total. The van der Waals surface area contributed by atoms with Gasteiger partial charge in [-0.2, -0.15) is 0 Å². The molecule has 0 spiro atoms. The maximum atomic E-state index is 13.4. The van der Waals surface area contributed by atoms with Crippen molar-refractivity contribution >= 4 is 0 Å². The lowest BCUT2D eigenvalue weighted by Gasteiger charge is -2.38. The minimum absolute atomic E-state index is 0.208. The molecule has 2 fully saturated rings. The van der Waals surface area contributed by atoms with Crippen LogP contribution in [0.15, 0.2) is 48.5 Å². The van der Waals surface area contributed by atoms with Crippen LogP contribution in [-0.4, -0.2) is 0 Å². The maximum absolute atomic E-state index is 13.4. The summed E-state index contributed by atoms with van der Waals surface area (Å²) in [6.07, 6.45) is 14.1. The van der Waals surface area contributed by atoms with Crippen molar-refractivity contribution in [2.45, 2.75) is 83.7 Å². The fourth-order valence-corrected chi connectivity index (χ4v) is 5.93. The van der Waals surface area contributed by atoms with E-state index in [2.05, 4.69) is 25.1 Å². The lowest BCUT2D eigenvalue weighted by molar-refractivity contribution is 0.156. The molecule has 0 aliphatic heterocycles. The second-order valence-corrected chi connectivity index (χ2v) is 9.67. The van der Waals surface area contributed by atoms with Gasteiger partial charge in [-0.05, 0) is 97.6 Å². The second-order valence-electron chi connectivity index (χ2n) is 9.67. The zero-order valence-corrected chi connectivity index (χ0v) is 18.5. The van der Waals surface area contributed by atoms with Gasteiger partial charge in [0.15, 0.2) is 0 Å². The molecule has 2 aliphatic carbocycles. The quantitative estimate of drug-likeness (QED) is 0.448. The summed E-state index contributed by atoms with van der Waals surface area (Å²) in [6.45, 7) is 2.74. The van der Waals surface area contributed by atoms with Gasteiger partial charge in [0.2, 0.25) is 0 Å². The molecule has 0 bridgehead atoms. The first-order chi connectivity index (χ1) is 14.7. The Morgan fingerprint density at radius 3 is 2.23 bits per heavy atom. The fourth-order valence-electron chi connectivity index (χ4n) is 5.93. The summed E-state index contributed by atoms with van der Waals surface area (Å²) >= 11 is 0. The number of halogens is 1. The van der Waals surface area contributed by atoms with Crippen molar-refractivity contribution in [1.29, 1.82) is 0 Å². The molecule has 2 heteroatoms. The summed E-state index contributed by atoms with van der Waals surface area (Å²) in [5, 5.41) is 0. The summed E-state index contributed by atoms with van der Waals surface area (Å²) in [7, 11) is 0. The zero-order valence-electron chi connectivity index (χ0n) is 18.5. The van der Waals surface area contributed by atoms with E-state index in [0.717, 1.165) is 29.1 Å². The summed E-state index contributed by atoms with van der Waals surface area (Å²) in [5.41, 5.74) is 2.28. The van der Waals surface area contributed by atoms with Crippen LogP contribution in [0.3, 0.4) is 0 Å². The van der Waals surface area contributed by atoms with Crippen LogP contribution in [0.4, 0.5) is 4.39 Å². The monoisotopic (exact) mass is 408 g/mol. The van der Waals surface area contributed by atoms with Crippen molar-refractivity contribution in [2.24, 2.45) is 17.8 Å². The molecule has 0 amide bonds. The van der Waals surface area contributed by atoms with E-state index in [1.807, 2.05) is 12.1 Å². The molecule has 0 unspecified atom stereocenters. The van der Waals surface area contributed by atoms with E-state index in [1.54, 1.807) is 12.1 Å². The van der Waals surface area contributed by atoms with Gasteiger partial charge in [0.25, 0.3) is 0 Å². The Bertz CT molecular complexity index is 785. The van der Waals surface area contributed by atoms with Gasteiger partial charge in [0.05, 0.1) is 0 Å². The molecule has 0 aromatic heterocycles. The molecule has 2 aromatic rings. The normalized spacial score (nSPS) is 27.0. The number of ether oxygens (including phenoxy) is 1. The van der Waals surface area contributed by atoms with Crippen LogP contribution in [0.25, 0.3) is 0 Å². The summed E-state index contributed by atoms with van der Waals surface area (Å²) in [6, 6.07) is 15.2. The first-order valence-electron chi connectivity index (χ1n) is 12.2. The highest BCUT2D eigenvalue weighted by Gasteiger charge is 2.31. The molecule has 30 heavy (non-hydrogen) atoms. The van der Waals surface area contributed by atoms with Crippen LogP contribution in [-0.2, 0) is 6.61 Å². The molecular weight excluding hydrogens is 371 g/mol. The Balaban J connectivity index is 1.27. The highest BCUT2D eigenvalue weighted by molar-refractivity contribution is 5.31. The SMILES string of the molecule is CCCC1CCC(C2CCC(c3cccc(OCc4cccc(F)c4)c3)CC2)CC1. The van der Waals surface area contributed by atoms with Gasteiger partial charge < -0.3 is 4.74 Å². The molecule has 0 N–H and O–H groups in total. The zero-order chi connectivity index (χ0) is 20.8. The van der Waals surface area contributed by atoms with E-state index in [0.29, 0.717) is 12.5 Å². The highest BCUT2D eigenvalue weighted by atomic mass is 19.1. The standard InChI is InChI=1S/C28H37FO/c1-2-5-21-10-12-23(13-11-21)24-14-16-25(17-15-24)26-7-4-9-28(19-26)30-20-22-6-3-8-27(29)18-22/h3-4,6-9,18-19,21,23-25H,2,5,10-17,20H2,1H3. The van der Waals surface area contributed by atoms with E-state index < -0.39 is 0 Å². The van der Waals surface area contributed by atoms with Crippen molar-refractivity contribution < 1.29 is 9.13 Å². The third-order valence-corrected chi connectivity index (χ3v) is 7.65. The van der Waals surface area contributed by atoms with Crippen molar-refractivity contribution in [2.75, 3.05) is 0 Å². The second kappa shape index (κ2) is 10.5. The predicted molar refractivity (Wildman–Crippen MR) is 122 cm³/mol. The lowest BCUT2D eigenvalue weighted by Crippen LogP contribution is -2.25. The molecule has 2 aromatic carbocycles. The first kappa shape index (κ1) is 21.4. The van der Waals surface area contributed by atoms with Crippen LogP contribution in [0.5, 0.6) is 5.75 Å². The Morgan fingerprint density at radius 2 is 1.53 bits per heavy atom. The van der Waals surface area contributed by atoms with Gasteiger partial charge in [0, 0.05) is 0 Å². The average molecular weight is 409 g/mol. The Morgan fingerprint density at radius 1 is 0.833 bits per heavy atom. The van der Waals surface area contributed by atoms with Gasteiger partial charge in [-0.3, -0.25) is 0 Å². The van der Waals surface area contributed by atoms with Crippen LogP contribution in [0.1, 0.15) is 88.2 Å². The van der Waals surface area contributed by atoms with E-state index in [-0.39, 0.29) is 5.82 Å². The predicted octanol–water partition coefficient (Wildman–Crippen LogP) is 8.29. The van der Waals surface area contributed by atoms with E-state index >= 15 is 0 Å². The Kier molecular flexibility index (Phi) is 7.47. The minimum Gasteiger partial charge on any atom is -0.489 e. The largest absolute Gasteiger partial charge is 0.489 e. The molecule has 2 saturated carbocycles.